The summed E-state index contributed by atoms with van der Waals surface area (Å²) in [6.07, 6.45) is -0.724. The van der Waals surface area contributed by atoms with Crippen molar-refractivity contribution in [2.24, 2.45) is 0 Å². The van der Waals surface area contributed by atoms with E-state index in [2.05, 4.69) is 0 Å². The van der Waals surface area contributed by atoms with Gasteiger partial charge in [0.05, 0.1) is 36.9 Å². The molecular formula is C8H15NO4S. The maximum absolute atomic E-state index is 11.3. The first-order valence-electron chi connectivity index (χ1n) is 4.79. The maximum atomic E-state index is 11.3. The second-order valence-corrected chi connectivity index (χ2v) is 6.01. The van der Waals surface area contributed by atoms with Crippen LogP contribution in [0.5, 0.6) is 0 Å². The lowest BCUT2D eigenvalue weighted by Crippen LogP contribution is -2.48. The van der Waals surface area contributed by atoms with Crippen LogP contribution in [0.3, 0.4) is 0 Å². The zero-order chi connectivity index (χ0) is 10.2. The first-order chi connectivity index (χ1) is 6.58. The van der Waals surface area contributed by atoms with Gasteiger partial charge >= 0.3 is 0 Å². The lowest BCUT2D eigenvalue weighted by molar-refractivity contribution is -0.00579. The molecule has 82 valence electrons. The van der Waals surface area contributed by atoms with Gasteiger partial charge in [-0.15, -0.1) is 0 Å². The Labute approximate surface area is 83.6 Å². The highest BCUT2D eigenvalue weighted by Crippen LogP contribution is 2.19. The minimum Gasteiger partial charge on any atom is -0.390 e. The van der Waals surface area contributed by atoms with Gasteiger partial charge < -0.3 is 9.84 Å². The number of sulfone groups is 1. The number of hydrogen-bond donors (Lipinski definition) is 1. The molecule has 0 aromatic carbocycles. The van der Waals surface area contributed by atoms with Gasteiger partial charge in [-0.05, 0) is 0 Å². The summed E-state index contributed by atoms with van der Waals surface area (Å²) in [5.41, 5.74) is 0. The molecule has 0 saturated carbocycles. The van der Waals surface area contributed by atoms with Crippen molar-refractivity contribution in [3.8, 4) is 0 Å². The lowest BCUT2D eigenvalue weighted by atomic mass is 10.2. The van der Waals surface area contributed by atoms with Crippen molar-refractivity contribution < 1.29 is 18.3 Å². The van der Waals surface area contributed by atoms with Crippen molar-refractivity contribution in [2.45, 2.75) is 12.1 Å². The van der Waals surface area contributed by atoms with Crippen LogP contribution < -0.4 is 0 Å². The van der Waals surface area contributed by atoms with Gasteiger partial charge in [-0.25, -0.2) is 8.42 Å². The molecule has 0 amide bonds. The van der Waals surface area contributed by atoms with Crippen LogP contribution in [0.2, 0.25) is 0 Å². The Bertz CT molecular complexity index is 296. The number of aliphatic hydroxyl groups excluding tert-OH is 1. The molecule has 2 fully saturated rings. The molecule has 2 aliphatic rings. The van der Waals surface area contributed by atoms with Gasteiger partial charge in [-0.2, -0.15) is 0 Å². The van der Waals surface area contributed by atoms with E-state index in [1.807, 2.05) is 4.90 Å². The molecule has 0 unspecified atom stereocenters. The summed E-state index contributed by atoms with van der Waals surface area (Å²) in [5, 5.41) is 9.62. The SMILES string of the molecule is O=S1(=O)C[C@H](O)[C@@H](N2CCOCC2)C1. The van der Waals surface area contributed by atoms with Gasteiger partial charge in [0.1, 0.15) is 0 Å². The molecular weight excluding hydrogens is 206 g/mol. The minimum atomic E-state index is -3.03. The van der Waals surface area contributed by atoms with Gasteiger partial charge in [0.25, 0.3) is 0 Å². The third kappa shape index (κ3) is 2.08. The number of aliphatic hydroxyl groups is 1. The van der Waals surface area contributed by atoms with Crippen LogP contribution in [-0.2, 0) is 14.6 Å². The molecule has 2 aliphatic heterocycles. The molecule has 14 heavy (non-hydrogen) atoms. The fourth-order valence-corrected chi connectivity index (χ4v) is 3.90. The standard InChI is InChI=1S/C8H15NO4S/c10-8-6-14(11,12)5-7(8)9-1-3-13-4-2-9/h7-8,10H,1-6H2/t7-,8-/m0/s1. The monoisotopic (exact) mass is 221 g/mol. The molecule has 2 saturated heterocycles. The summed E-state index contributed by atoms with van der Waals surface area (Å²) in [6, 6.07) is -0.219. The number of rotatable bonds is 1. The predicted molar refractivity (Wildman–Crippen MR) is 50.8 cm³/mol. The van der Waals surface area contributed by atoms with Crippen molar-refractivity contribution >= 4 is 9.84 Å². The van der Waals surface area contributed by atoms with Crippen molar-refractivity contribution in [1.29, 1.82) is 0 Å². The second-order valence-electron chi connectivity index (χ2n) is 3.86. The first kappa shape index (κ1) is 10.4. The van der Waals surface area contributed by atoms with Crippen molar-refractivity contribution in [3.05, 3.63) is 0 Å². The van der Waals surface area contributed by atoms with Crippen LogP contribution in [0.1, 0.15) is 0 Å². The van der Waals surface area contributed by atoms with E-state index in [-0.39, 0.29) is 17.5 Å². The first-order valence-corrected chi connectivity index (χ1v) is 6.61. The van der Waals surface area contributed by atoms with E-state index < -0.39 is 15.9 Å². The van der Waals surface area contributed by atoms with Gasteiger partial charge in [0, 0.05) is 13.1 Å². The molecule has 6 heteroatoms. The van der Waals surface area contributed by atoms with Crippen molar-refractivity contribution in [3.63, 3.8) is 0 Å². The Balaban J connectivity index is 2.04. The van der Waals surface area contributed by atoms with E-state index in [9.17, 15) is 13.5 Å². The van der Waals surface area contributed by atoms with Gasteiger partial charge in [-0.3, -0.25) is 4.90 Å². The summed E-state index contributed by atoms with van der Waals surface area (Å²) in [4.78, 5) is 2.01. The summed E-state index contributed by atoms with van der Waals surface area (Å²) >= 11 is 0. The summed E-state index contributed by atoms with van der Waals surface area (Å²) in [5.74, 6) is 0.00317. The largest absolute Gasteiger partial charge is 0.390 e. The third-order valence-corrected chi connectivity index (χ3v) is 4.51. The van der Waals surface area contributed by atoms with E-state index in [1.54, 1.807) is 0 Å². The molecule has 5 nitrogen and oxygen atoms in total. The van der Waals surface area contributed by atoms with Crippen LogP contribution in [-0.4, -0.2) is 68.4 Å². The fourth-order valence-electron chi connectivity index (χ4n) is 2.07. The number of ether oxygens (including phenoxy) is 1. The predicted octanol–water partition coefficient (Wildman–Crippen LogP) is -1.52. The normalized spacial score (nSPS) is 38.6. The average Bonchev–Trinajstić information content (AvgIpc) is 2.41. The Kier molecular flexibility index (Phi) is 2.79. The van der Waals surface area contributed by atoms with E-state index in [0.717, 1.165) is 13.1 Å². The maximum Gasteiger partial charge on any atom is 0.154 e. The van der Waals surface area contributed by atoms with E-state index in [0.29, 0.717) is 13.2 Å². The van der Waals surface area contributed by atoms with Gasteiger partial charge in [0.2, 0.25) is 0 Å². The van der Waals surface area contributed by atoms with Crippen LogP contribution >= 0.6 is 0 Å². The molecule has 2 rings (SSSR count). The average molecular weight is 221 g/mol. The molecule has 2 heterocycles. The highest BCUT2D eigenvalue weighted by Gasteiger charge is 2.40. The molecule has 0 aliphatic carbocycles. The number of nitrogens with zero attached hydrogens (tertiary/aromatic N) is 1. The highest BCUT2D eigenvalue weighted by molar-refractivity contribution is 7.91. The van der Waals surface area contributed by atoms with Crippen LogP contribution in [0.4, 0.5) is 0 Å². The molecule has 0 aromatic rings. The Morgan fingerprint density at radius 2 is 1.86 bits per heavy atom. The zero-order valence-electron chi connectivity index (χ0n) is 7.92. The quantitative estimate of drug-likeness (QED) is 0.582. The molecule has 0 radical (unpaired) electrons. The third-order valence-electron chi connectivity index (χ3n) is 2.81. The molecule has 0 bridgehead atoms. The van der Waals surface area contributed by atoms with Crippen molar-refractivity contribution in [2.75, 3.05) is 37.8 Å². The smallest absolute Gasteiger partial charge is 0.154 e. The summed E-state index contributed by atoms with van der Waals surface area (Å²) < 4.78 is 27.7. The molecule has 0 spiro atoms. The van der Waals surface area contributed by atoms with Crippen LogP contribution in [0.25, 0.3) is 0 Å². The summed E-state index contributed by atoms with van der Waals surface area (Å²) in [7, 11) is -3.03. The Morgan fingerprint density at radius 1 is 1.21 bits per heavy atom. The highest BCUT2D eigenvalue weighted by atomic mass is 32.2. The molecule has 0 aromatic heterocycles. The van der Waals surface area contributed by atoms with Crippen molar-refractivity contribution in [1.82, 2.24) is 4.90 Å². The topological polar surface area (TPSA) is 66.8 Å². The van der Waals surface area contributed by atoms with E-state index in [1.165, 1.54) is 0 Å². The zero-order valence-corrected chi connectivity index (χ0v) is 8.74. The second kappa shape index (κ2) is 3.77. The lowest BCUT2D eigenvalue weighted by Gasteiger charge is -2.32. The van der Waals surface area contributed by atoms with Gasteiger partial charge in [0.15, 0.2) is 9.84 Å². The molecule has 1 N–H and O–H groups in total. The number of hydrogen-bond acceptors (Lipinski definition) is 5. The Morgan fingerprint density at radius 3 is 2.36 bits per heavy atom. The van der Waals surface area contributed by atoms with E-state index >= 15 is 0 Å². The van der Waals surface area contributed by atoms with E-state index in [4.69, 9.17) is 4.74 Å². The van der Waals surface area contributed by atoms with Gasteiger partial charge in [-0.1, -0.05) is 0 Å². The number of morpholine rings is 1. The summed E-state index contributed by atoms with van der Waals surface area (Å²) in [6.45, 7) is 2.70. The Hall–Kier alpha value is -0.170. The van der Waals surface area contributed by atoms with Crippen LogP contribution in [0, 0.1) is 0 Å². The van der Waals surface area contributed by atoms with Crippen LogP contribution in [0.15, 0.2) is 0 Å². The molecule has 2 atom stereocenters. The fraction of sp³-hybridized carbons (Fsp3) is 1.00. The minimum absolute atomic E-state index is 0.0883.